The third-order valence-electron chi connectivity index (χ3n) is 2.50. The van der Waals surface area contributed by atoms with Crippen molar-refractivity contribution in [3.05, 3.63) is 57.3 Å². The van der Waals surface area contributed by atoms with Crippen molar-refractivity contribution in [2.75, 3.05) is 5.73 Å². The Morgan fingerprint density at radius 1 is 1.26 bits per heavy atom. The minimum Gasteiger partial charge on any atom is -0.399 e. The summed E-state index contributed by atoms with van der Waals surface area (Å²) in [6.07, 6.45) is 0. The first kappa shape index (κ1) is 14.5. The Balaban J connectivity index is 2.25. The molecule has 0 aliphatic heterocycles. The normalized spacial score (nSPS) is 12.4. The van der Waals surface area contributed by atoms with Gasteiger partial charge in [0.15, 0.2) is 0 Å². The Morgan fingerprint density at radius 3 is 2.63 bits per heavy atom. The first-order chi connectivity index (χ1) is 8.97. The molecular formula is C13H10BrClFNOS. The predicted octanol–water partition coefficient (Wildman–Crippen LogP) is 4.13. The standard InChI is InChI=1S/C13H10BrClFNOS/c14-11-5-9(16)2-1-8(11)7-19(18)13-4-3-10(17)6-12(13)15/h1-6H,7,17H2. The summed E-state index contributed by atoms with van der Waals surface area (Å²) in [5.41, 5.74) is 6.87. The molecule has 19 heavy (non-hydrogen) atoms. The van der Waals surface area contributed by atoms with Gasteiger partial charge in [-0.3, -0.25) is 4.21 Å². The molecule has 2 aromatic rings. The zero-order valence-electron chi connectivity index (χ0n) is 9.70. The number of halogens is 3. The van der Waals surface area contributed by atoms with Gasteiger partial charge in [0.25, 0.3) is 0 Å². The van der Waals surface area contributed by atoms with Gasteiger partial charge in [0, 0.05) is 10.2 Å². The van der Waals surface area contributed by atoms with E-state index in [1.807, 2.05) is 0 Å². The third-order valence-corrected chi connectivity index (χ3v) is 5.09. The summed E-state index contributed by atoms with van der Waals surface area (Å²) < 4.78 is 25.8. The Labute approximate surface area is 126 Å². The van der Waals surface area contributed by atoms with Crippen LogP contribution >= 0.6 is 27.5 Å². The molecule has 2 nitrogen and oxygen atoms in total. The molecule has 0 aromatic heterocycles. The van der Waals surface area contributed by atoms with Crippen molar-refractivity contribution in [2.45, 2.75) is 10.6 Å². The smallest absolute Gasteiger partial charge is 0.124 e. The van der Waals surface area contributed by atoms with Crippen LogP contribution in [0.5, 0.6) is 0 Å². The van der Waals surface area contributed by atoms with Gasteiger partial charge in [0.1, 0.15) is 5.82 Å². The Kier molecular flexibility index (Phi) is 4.60. The van der Waals surface area contributed by atoms with Crippen LogP contribution in [0.4, 0.5) is 10.1 Å². The quantitative estimate of drug-likeness (QED) is 0.834. The highest BCUT2D eigenvalue weighted by molar-refractivity contribution is 9.10. The van der Waals surface area contributed by atoms with Crippen molar-refractivity contribution in [3.8, 4) is 0 Å². The first-order valence-corrected chi connectivity index (χ1v) is 7.83. The fourth-order valence-electron chi connectivity index (χ4n) is 1.56. The van der Waals surface area contributed by atoms with E-state index in [-0.39, 0.29) is 11.6 Å². The molecule has 2 rings (SSSR count). The maximum atomic E-state index is 13.0. The fourth-order valence-corrected chi connectivity index (χ4v) is 3.87. The van der Waals surface area contributed by atoms with E-state index in [4.69, 9.17) is 17.3 Å². The number of benzene rings is 2. The number of hydrogen-bond acceptors (Lipinski definition) is 2. The molecule has 0 amide bonds. The number of nitrogens with two attached hydrogens (primary N) is 1. The lowest BCUT2D eigenvalue weighted by Gasteiger charge is -2.07. The average Bonchev–Trinajstić information content (AvgIpc) is 2.32. The molecule has 100 valence electrons. The summed E-state index contributed by atoms with van der Waals surface area (Å²) in [6.45, 7) is 0. The van der Waals surface area contributed by atoms with Gasteiger partial charge in [0.2, 0.25) is 0 Å². The summed E-state index contributed by atoms with van der Waals surface area (Å²) >= 11 is 9.26. The van der Waals surface area contributed by atoms with Gasteiger partial charge in [-0.1, -0.05) is 33.6 Å². The van der Waals surface area contributed by atoms with E-state index in [2.05, 4.69) is 15.9 Å². The van der Waals surface area contributed by atoms with Gasteiger partial charge in [-0.2, -0.15) is 0 Å². The Hall–Kier alpha value is -0.910. The fraction of sp³-hybridized carbons (Fsp3) is 0.0769. The highest BCUT2D eigenvalue weighted by Gasteiger charge is 2.12. The minimum atomic E-state index is -1.31. The second-order valence-corrected chi connectivity index (χ2v) is 6.60. The molecule has 2 aromatic carbocycles. The van der Waals surface area contributed by atoms with E-state index in [9.17, 15) is 8.60 Å². The van der Waals surface area contributed by atoms with Crippen LogP contribution in [0, 0.1) is 5.82 Å². The lowest BCUT2D eigenvalue weighted by atomic mass is 10.2. The first-order valence-electron chi connectivity index (χ1n) is 5.34. The molecule has 1 atom stereocenters. The molecule has 0 aliphatic rings. The molecule has 0 heterocycles. The van der Waals surface area contributed by atoms with Crippen molar-refractivity contribution in [2.24, 2.45) is 0 Å². The molecule has 0 spiro atoms. The van der Waals surface area contributed by atoms with Crippen LogP contribution in [0.3, 0.4) is 0 Å². The highest BCUT2D eigenvalue weighted by atomic mass is 79.9. The lowest BCUT2D eigenvalue weighted by molar-refractivity contribution is 0.626. The number of hydrogen-bond donors (Lipinski definition) is 1. The van der Waals surface area contributed by atoms with Crippen LogP contribution < -0.4 is 5.73 Å². The van der Waals surface area contributed by atoms with E-state index >= 15 is 0 Å². The maximum Gasteiger partial charge on any atom is 0.124 e. The minimum absolute atomic E-state index is 0.254. The molecule has 0 bridgehead atoms. The monoisotopic (exact) mass is 361 g/mol. The largest absolute Gasteiger partial charge is 0.399 e. The highest BCUT2D eigenvalue weighted by Crippen LogP contribution is 2.26. The van der Waals surface area contributed by atoms with Gasteiger partial charge in [-0.25, -0.2) is 4.39 Å². The molecule has 0 radical (unpaired) electrons. The summed E-state index contributed by atoms with van der Waals surface area (Å²) in [5.74, 6) is -0.0863. The van der Waals surface area contributed by atoms with Gasteiger partial charge in [-0.15, -0.1) is 0 Å². The number of nitrogen functional groups attached to an aromatic ring is 1. The molecule has 0 aliphatic carbocycles. The molecule has 6 heteroatoms. The average molecular weight is 363 g/mol. The van der Waals surface area contributed by atoms with Gasteiger partial charge in [-0.05, 0) is 35.9 Å². The summed E-state index contributed by atoms with van der Waals surface area (Å²) in [4.78, 5) is 0.520. The summed E-state index contributed by atoms with van der Waals surface area (Å²) in [7, 11) is -1.31. The molecule has 0 fully saturated rings. The van der Waals surface area contributed by atoms with Crippen LogP contribution in [0.1, 0.15) is 5.56 Å². The van der Waals surface area contributed by atoms with Crippen LogP contribution in [0.25, 0.3) is 0 Å². The van der Waals surface area contributed by atoms with Crippen LogP contribution in [-0.4, -0.2) is 4.21 Å². The number of rotatable bonds is 3. The zero-order chi connectivity index (χ0) is 14.0. The van der Waals surface area contributed by atoms with Gasteiger partial charge in [0.05, 0.1) is 26.5 Å². The molecule has 2 N–H and O–H groups in total. The van der Waals surface area contributed by atoms with E-state index in [1.54, 1.807) is 24.3 Å². The second-order valence-electron chi connectivity index (χ2n) is 3.92. The maximum absolute atomic E-state index is 13.0. The molecule has 0 saturated carbocycles. The van der Waals surface area contributed by atoms with Crippen molar-refractivity contribution < 1.29 is 8.60 Å². The Bertz CT molecular complexity index is 651. The van der Waals surface area contributed by atoms with Crippen molar-refractivity contribution in [1.29, 1.82) is 0 Å². The molecule has 0 saturated heterocycles. The van der Waals surface area contributed by atoms with E-state index < -0.39 is 10.8 Å². The summed E-state index contributed by atoms with van der Waals surface area (Å²) in [5, 5.41) is 0.372. The van der Waals surface area contributed by atoms with Crippen molar-refractivity contribution in [1.82, 2.24) is 0 Å². The van der Waals surface area contributed by atoms with Gasteiger partial charge >= 0.3 is 0 Å². The Morgan fingerprint density at radius 2 is 2.00 bits per heavy atom. The van der Waals surface area contributed by atoms with E-state index in [0.29, 0.717) is 20.1 Å². The third kappa shape index (κ3) is 3.55. The van der Waals surface area contributed by atoms with Crippen molar-refractivity contribution >= 4 is 44.0 Å². The van der Waals surface area contributed by atoms with E-state index in [0.717, 1.165) is 5.56 Å². The number of anilines is 1. The zero-order valence-corrected chi connectivity index (χ0v) is 12.9. The predicted molar refractivity (Wildman–Crippen MR) is 80.1 cm³/mol. The molecular weight excluding hydrogens is 353 g/mol. The van der Waals surface area contributed by atoms with Gasteiger partial charge < -0.3 is 5.73 Å². The second kappa shape index (κ2) is 6.03. The van der Waals surface area contributed by atoms with Crippen molar-refractivity contribution in [3.63, 3.8) is 0 Å². The SMILES string of the molecule is Nc1ccc(S(=O)Cc2ccc(F)cc2Br)c(Cl)c1. The molecule has 1 unspecified atom stereocenters. The van der Waals surface area contributed by atoms with Crippen LogP contribution in [-0.2, 0) is 16.6 Å². The van der Waals surface area contributed by atoms with Crippen LogP contribution in [0.2, 0.25) is 5.02 Å². The topological polar surface area (TPSA) is 43.1 Å². The summed E-state index contributed by atoms with van der Waals surface area (Å²) in [6, 6.07) is 9.14. The lowest BCUT2D eigenvalue weighted by Crippen LogP contribution is -1.99. The van der Waals surface area contributed by atoms with Crippen LogP contribution in [0.15, 0.2) is 45.8 Å². The van der Waals surface area contributed by atoms with E-state index in [1.165, 1.54) is 12.1 Å².